The van der Waals surface area contributed by atoms with Gasteiger partial charge in [0.2, 0.25) is 5.75 Å². The van der Waals surface area contributed by atoms with Crippen molar-refractivity contribution < 1.29 is 19.0 Å². The van der Waals surface area contributed by atoms with Gasteiger partial charge >= 0.3 is 0 Å². The number of benzene rings is 1. The number of ether oxygens (including phenoxy) is 3. The molecule has 1 aromatic carbocycles. The first kappa shape index (κ1) is 21.0. The molecule has 0 bridgehead atoms. The summed E-state index contributed by atoms with van der Waals surface area (Å²) in [6, 6.07) is 3.59. The number of hydrogen-bond acceptors (Lipinski definition) is 7. The van der Waals surface area contributed by atoms with E-state index in [1.165, 1.54) is 18.4 Å². The highest BCUT2D eigenvalue weighted by Gasteiger charge is 2.17. The lowest BCUT2D eigenvalue weighted by Crippen LogP contribution is -2.23. The summed E-state index contributed by atoms with van der Waals surface area (Å²) >= 11 is 1.43. The van der Waals surface area contributed by atoms with Gasteiger partial charge in [0, 0.05) is 23.9 Å². The van der Waals surface area contributed by atoms with Crippen LogP contribution in [-0.4, -0.2) is 38.8 Å². The maximum absolute atomic E-state index is 12.2. The average molecular weight is 388 g/mol. The van der Waals surface area contributed by atoms with E-state index in [9.17, 15) is 4.79 Å². The van der Waals surface area contributed by atoms with Gasteiger partial charge in [0.15, 0.2) is 11.5 Å². The Labute approximate surface area is 156 Å². The van der Waals surface area contributed by atoms with Crippen LogP contribution in [0.25, 0.3) is 0 Å². The van der Waals surface area contributed by atoms with Gasteiger partial charge in [-0.2, -0.15) is 0 Å². The molecule has 0 aliphatic carbocycles. The van der Waals surface area contributed by atoms with Crippen LogP contribution in [-0.2, 0) is 13.0 Å². The molecule has 1 amide bonds. The first-order valence-electron chi connectivity index (χ1n) is 7.35. The molecule has 0 saturated heterocycles. The smallest absolute Gasteiger partial charge is 0.271 e. The Hall–Kier alpha value is -2.03. The summed E-state index contributed by atoms with van der Waals surface area (Å²) in [4.78, 5) is 16.5. The van der Waals surface area contributed by atoms with E-state index < -0.39 is 0 Å². The predicted molar refractivity (Wildman–Crippen MR) is 99.4 cm³/mol. The van der Waals surface area contributed by atoms with E-state index in [2.05, 4.69) is 10.3 Å². The lowest BCUT2D eigenvalue weighted by Gasteiger charge is -2.15. The largest absolute Gasteiger partial charge is 0.493 e. The van der Waals surface area contributed by atoms with Crippen LogP contribution in [0.2, 0.25) is 0 Å². The highest BCUT2D eigenvalue weighted by molar-refractivity contribution is 7.09. The zero-order chi connectivity index (χ0) is 17.5. The fraction of sp³-hybridized carbons (Fsp3) is 0.375. The second kappa shape index (κ2) is 10.1. The second-order valence-electron chi connectivity index (χ2n) is 4.84. The van der Waals surface area contributed by atoms with Crippen molar-refractivity contribution in [3.05, 3.63) is 33.8 Å². The lowest BCUT2D eigenvalue weighted by molar-refractivity contribution is 0.0946. The van der Waals surface area contributed by atoms with E-state index in [0.29, 0.717) is 35.9 Å². The third-order valence-corrected chi connectivity index (χ3v) is 4.28. The topological polar surface area (TPSA) is 95.7 Å². The van der Waals surface area contributed by atoms with Crippen LogP contribution in [0.4, 0.5) is 0 Å². The Morgan fingerprint density at radius 1 is 1.20 bits per heavy atom. The SMILES string of the molecule is COc1ccc(CNC(=O)c2csc(CCN)n2)c(OC)c1OC.Cl. The van der Waals surface area contributed by atoms with Gasteiger partial charge in [-0.05, 0) is 18.7 Å². The number of nitrogens with one attached hydrogen (secondary N) is 1. The summed E-state index contributed by atoms with van der Waals surface area (Å²) < 4.78 is 16.0. The Balaban J connectivity index is 0.00000312. The van der Waals surface area contributed by atoms with Crippen LogP contribution in [0.3, 0.4) is 0 Å². The van der Waals surface area contributed by atoms with Gasteiger partial charge in [-0.15, -0.1) is 23.7 Å². The molecule has 0 aliphatic rings. The molecule has 0 unspecified atom stereocenters. The minimum Gasteiger partial charge on any atom is -0.493 e. The van der Waals surface area contributed by atoms with E-state index in [4.69, 9.17) is 19.9 Å². The molecule has 9 heteroatoms. The molecule has 0 atom stereocenters. The van der Waals surface area contributed by atoms with Crippen molar-refractivity contribution in [2.75, 3.05) is 27.9 Å². The first-order valence-corrected chi connectivity index (χ1v) is 8.23. The van der Waals surface area contributed by atoms with Crippen LogP contribution in [0, 0.1) is 0 Å². The molecule has 0 fully saturated rings. The fourth-order valence-electron chi connectivity index (χ4n) is 2.22. The summed E-state index contributed by atoms with van der Waals surface area (Å²) in [6.45, 7) is 0.795. The van der Waals surface area contributed by atoms with Gasteiger partial charge < -0.3 is 25.3 Å². The third-order valence-electron chi connectivity index (χ3n) is 3.37. The molecule has 0 radical (unpaired) electrons. The molecule has 25 heavy (non-hydrogen) atoms. The van der Waals surface area contributed by atoms with E-state index in [1.807, 2.05) is 6.07 Å². The summed E-state index contributed by atoms with van der Waals surface area (Å²) in [5.41, 5.74) is 6.66. The molecule has 0 saturated carbocycles. The van der Waals surface area contributed by atoms with Gasteiger partial charge in [-0.3, -0.25) is 4.79 Å². The number of carbonyl (C=O) groups is 1. The highest BCUT2D eigenvalue weighted by Crippen LogP contribution is 2.39. The van der Waals surface area contributed by atoms with Gasteiger partial charge in [-0.25, -0.2) is 4.98 Å². The fourth-order valence-corrected chi connectivity index (χ4v) is 3.02. The molecule has 1 heterocycles. The third kappa shape index (κ3) is 4.97. The zero-order valence-corrected chi connectivity index (χ0v) is 16.0. The number of amides is 1. The summed E-state index contributed by atoms with van der Waals surface area (Å²) in [5, 5.41) is 5.41. The minimum atomic E-state index is -0.244. The van der Waals surface area contributed by atoms with Crippen molar-refractivity contribution in [1.82, 2.24) is 10.3 Å². The van der Waals surface area contributed by atoms with Crippen molar-refractivity contribution in [3.63, 3.8) is 0 Å². The average Bonchev–Trinajstić information content (AvgIpc) is 3.07. The molecule has 138 valence electrons. The summed E-state index contributed by atoms with van der Waals surface area (Å²) in [5.74, 6) is 1.34. The monoisotopic (exact) mass is 387 g/mol. The Morgan fingerprint density at radius 3 is 2.52 bits per heavy atom. The zero-order valence-electron chi connectivity index (χ0n) is 14.3. The predicted octanol–water partition coefficient (Wildman–Crippen LogP) is 2.02. The van der Waals surface area contributed by atoms with Gasteiger partial charge in [0.1, 0.15) is 5.69 Å². The van der Waals surface area contributed by atoms with Crippen LogP contribution in [0.5, 0.6) is 17.2 Å². The molecule has 0 aliphatic heterocycles. The maximum Gasteiger partial charge on any atom is 0.271 e. The number of rotatable bonds is 8. The van der Waals surface area contributed by atoms with E-state index in [1.54, 1.807) is 25.7 Å². The first-order chi connectivity index (χ1) is 11.6. The standard InChI is InChI=1S/C16H21N3O4S.ClH/c1-21-12-5-4-10(14(22-2)15(12)23-3)8-18-16(20)11-9-24-13(19-11)6-7-17;/h4-5,9H,6-8,17H2,1-3H3,(H,18,20);1H. The van der Waals surface area contributed by atoms with Crippen molar-refractivity contribution >= 4 is 29.7 Å². The molecule has 3 N–H and O–H groups in total. The van der Waals surface area contributed by atoms with Crippen LogP contribution in [0.15, 0.2) is 17.5 Å². The maximum atomic E-state index is 12.2. The van der Waals surface area contributed by atoms with Gasteiger partial charge in [-0.1, -0.05) is 0 Å². The number of carbonyl (C=O) groups excluding carboxylic acids is 1. The van der Waals surface area contributed by atoms with Crippen molar-refractivity contribution in [3.8, 4) is 17.2 Å². The minimum absolute atomic E-state index is 0. The molecule has 0 spiro atoms. The van der Waals surface area contributed by atoms with Crippen LogP contribution in [0.1, 0.15) is 21.1 Å². The number of nitrogens with two attached hydrogens (primary N) is 1. The number of aromatic nitrogens is 1. The lowest BCUT2D eigenvalue weighted by atomic mass is 10.1. The Morgan fingerprint density at radius 2 is 1.92 bits per heavy atom. The molecule has 2 aromatic rings. The van der Waals surface area contributed by atoms with E-state index in [-0.39, 0.29) is 24.9 Å². The molecule has 2 rings (SSSR count). The number of halogens is 1. The van der Waals surface area contributed by atoms with Crippen molar-refractivity contribution in [2.45, 2.75) is 13.0 Å². The number of thiazole rings is 1. The van der Waals surface area contributed by atoms with Crippen LogP contribution >= 0.6 is 23.7 Å². The van der Waals surface area contributed by atoms with Crippen LogP contribution < -0.4 is 25.3 Å². The molecular weight excluding hydrogens is 366 g/mol. The normalized spacial score (nSPS) is 9.92. The van der Waals surface area contributed by atoms with Crippen molar-refractivity contribution in [1.29, 1.82) is 0 Å². The molecular formula is C16H22ClN3O4S. The summed E-state index contributed by atoms with van der Waals surface area (Å²) in [7, 11) is 4.64. The summed E-state index contributed by atoms with van der Waals surface area (Å²) in [6.07, 6.45) is 0.668. The van der Waals surface area contributed by atoms with E-state index in [0.717, 1.165) is 10.6 Å². The Bertz CT molecular complexity index is 709. The molecule has 1 aromatic heterocycles. The molecule has 7 nitrogen and oxygen atoms in total. The second-order valence-corrected chi connectivity index (χ2v) is 5.78. The Kier molecular flexibility index (Phi) is 8.47. The highest BCUT2D eigenvalue weighted by atomic mass is 35.5. The van der Waals surface area contributed by atoms with Crippen molar-refractivity contribution in [2.24, 2.45) is 5.73 Å². The number of hydrogen-bond donors (Lipinski definition) is 2. The quantitative estimate of drug-likeness (QED) is 0.719. The van der Waals surface area contributed by atoms with E-state index >= 15 is 0 Å². The van der Waals surface area contributed by atoms with Gasteiger partial charge in [0.05, 0.1) is 26.3 Å². The number of methoxy groups -OCH3 is 3. The van der Waals surface area contributed by atoms with Gasteiger partial charge in [0.25, 0.3) is 5.91 Å². The number of nitrogens with zero attached hydrogens (tertiary/aromatic N) is 1.